The molecule has 0 radical (unpaired) electrons. The van der Waals surface area contributed by atoms with Gasteiger partial charge in [-0.2, -0.15) is 0 Å². The lowest BCUT2D eigenvalue weighted by Gasteiger charge is -2.14. The molecule has 0 spiro atoms. The van der Waals surface area contributed by atoms with E-state index >= 15 is 0 Å². The summed E-state index contributed by atoms with van der Waals surface area (Å²) >= 11 is 3.43. The minimum atomic E-state index is -0.350. The molecule has 0 aliphatic carbocycles. The second kappa shape index (κ2) is 6.50. The first-order valence-electron chi connectivity index (χ1n) is 5.01. The van der Waals surface area contributed by atoms with Gasteiger partial charge in [-0.15, -0.1) is 0 Å². The Labute approximate surface area is 103 Å². The van der Waals surface area contributed by atoms with Crippen molar-refractivity contribution >= 4 is 21.8 Å². The summed E-state index contributed by atoms with van der Waals surface area (Å²) < 4.78 is 6.56. The number of halogens is 1. The minimum Gasteiger partial charge on any atom is -0.409 e. The van der Waals surface area contributed by atoms with Gasteiger partial charge < -0.3 is 15.7 Å². The van der Waals surface area contributed by atoms with Crippen molar-refractivity contribution in [2.75, 3.05) is 0 Å². The van der Waals surface area contributed by atoms with Crippen molar-refractivity contribution in [3.63, 3.8) is 0 Å². The Morgan fingerprint density at radius 2 is 2.25 bits per heavy atom. The van der Waals surface area contributed by atoms with Gasteiger partial charge in [0.1, 0.15) is 6.10 Å². The van der Waals surface area contributed by atoms with Crippen LogP contribution in [0.15, 0.2) is 33.9 Å². The molecule has 0 saturated heterocycles. The van der Waals surface area contributed by atoms with E-state index in [0.29, 0.717) is 13.0 Å². The molecule has 4 nitrogen and oxygen atoms in total. The lowest BCUT2D eigenvalue weighted by Crippen LogP contribution is -2.30. The van der Waals surface area contributed by atoms with Crippen LogP contribution in [-0.2, 0) is 11.3 Å². The van der Waals surface area contributed by atoms with E-state index in [1.54, 1.807) is 0 Å². The van der Waals surface area contributed by atoms with Crippen LogP contribution in [0.4, 0.5) is 0 Å². The number of nitrogens with two attached hydrogens (primary N) is 1. The molecule has 16 heavy (non-hydrogen) atoms. The number of hydrogen-bond acceptors (Lipinski definition) is 3. The lowest BCUT2D eigenvalue weighted by atomic mass is 10.2. The van der Waals surface area contributed by atoms with Gasteiger partial charge in [0, 0.05) is 4.47 Å². The maximum Gasteiger partial charge on any atom is 0.168 e. The molecule has 0 aliphatic heterocycles. The van der Waals surface area contributed by atoms with Crippen LogP contribution in [0, 0.1) is 0 Å². The summed E-state index contributed by atoms with van der Waals surface area (Å²) in [5, 5.41) is 11.5. The molecular weight excluding hydrogens is 272 g/mol. The minimum absolute atomic E-state index is 0.106. The number of oxime groups is 1. The van der Waals surface area contributed by atoms with Gasteiger partial charge in [0.15, 0.2) is 5.84 Å². The van der Waals surface area contributed by atoms with Crippen LogP contribution in [-0.4, -0.2) is 17.1 Å². The Hall–Kier alpha value is -1.07. The summed E-state index contributed by atoms with van der Waals surface area (Å²) in [5.41, 5.74) is 6.53. The van der Waals surface area contributed by atoms with Crippen molar-refractivity contribution in [3.8, 4) is 0 Å². The molecule has 0 bridgehead atoms. The van der Waals surface area contributed by atoms with Crippen molar-refractivity contribution in [3.05, 3.63) is 34.3 Å². The molecular formula is C11H15BrN2O2. The summed E-state index contributed by atoms with van der Waals surface area (Å²) in [4.78, 5) is 0. The Morgan fingerprint density at radius 3 is 2.81 bits per heavy atom. The van der Waals surface area contributed by atoms with E-state index in [2.05, 4.69) is 21.1 Å². The van der Waals surface area contributed by atoms with E-state index in [1.165, 1.54) is 0 Å². The van der Waals surface area contributed by atoms with Gasteiger partial charge >= 0.3 is 0 Å². The fourth-order valence-corrected chi connectivity index (χ4v) is 1.68. The van der Waals surface area contributed by atoms with Crippen LogP contribution in [0.2, 0.25) is 0 Å². The molecule has 1 unspecified atom stereocenters. The molecule has 0 heterocycles. The summed E-state index contributed by atoms with van der Waals surface area (Å²) in [7, 11) is 0. The van der Waals surface area contributed by atoms with Crippen molar-refractivity contribution in [1.82, 2.24) is 0 Å². The SMILES string of the molecule is CCC(OCc1ccccc1Br)/C(N)=N/O. The maximum atomic E-state index is 8.56. The number of amidine groups is 1. The first kappa shape index (κ1) is 13.0. The Morgan fingerprint density at radius 1 is 1.56 bits per heavy atom. The molecule has 0 aromatic heterocycles. The zero-order chi connectivity index (χ0) is 12.0. The predicted molar refractivity (Wildman–Crippen MR) is 66.4 cm³/mol. The van der Waals surface area contributed by atoms with Crippen molar-refractivity contribution in [2.45, 2.75) is 26.1 Å². The zero-order valence-electron chi connectivity index (χ0n) is 9.06. The van der Waals surface area contributed by atoms with E-state index in [4.69, 9.17) is 15.7 Å². The molecule has 0 fully saturated rings. The average molecular weight is 287 g/mol. The zero-order valence-corrected chi connectivity index (χ0v) is 10.6. The highest BCUT2D eigenvalue weighted by Gasteiger charge is 2.12. The number of hydrogen-bond donors (Lipinski definition) is 2. The summed E-state index contributed by atoms with van der Waals surface area (Å²) in [6.45, 7) is 2.35. The van der Waals surface area contributed by atoms with E-state index in [1.807, 2.05) is 31.2 Å². The Balaban J connectivity index is 2.60. The maximum absolute atomic E-state index is 8.56. The summed E-state index contributed by atoms with van der Waals surface area (Å²) in [5.74, 6) is 0.106. The highest BCUT2D eigenvalue weighted by molar-refractivity contribution is 9.10. The molecule has 1 rings (SSSR count). The van der Waals surface area contributed by atoms with Crippen LogP contribution < -0.4 is 5.73 Å². The summed E-state index contributed by atoms with van der Waals surface area (Å²) in [6.07, 6.45) is 0.317. The van der Waals surface area contributed by atoms with E-state index in [-0.39, 0.29) is 11.9 Å². The monoisotopic (exact) mass is 286 g/mol. The molecule has 1 atom stereocenters. The van der Waals surface area contributed by atoms with E-state index in [0.717, 1.165) is 10.0 Å². The number of rotatable bonds is 5. The van der Waals surface area contributed by atoms with Crippen LogP contribution in [0.3, 0.4) is 0 Å². The average Bonchev–Trinajstić information content (AvgIpc) is 2.31. The molecule has 0 aliphatic rings. The quantitative estimate of drug-likeness (QED) is 0.378. The third-order valence-electron chi connectivity index (χ3n) is 2.21. The fourth-order valence-electron chi connectivity index (χ4n) is 1.28. The predicted octanol–water partition coefficient (Wildman–Crippen LogP) is 2.49. The normalized spacial score (nSPS) is 13.8. The van der Waals surface area contributed by atoms with E-state index in [9.17, 15) is 0 Å². The second-order valence-electron chi connectivity index (χ2n) is 3.32. The van der Waals surface area contributed by atoms with Gasteiger partial charge in [0.05, 0.1) is 6.61 Å². The number of benzene rings is 1. The smallest absolute Gasteiger partial charge is 0.168 e. The van der Waals surface area contributed by atoms with Crippen LogP contribution in [0.1, 0.15) is 18.9 Å². The molecule has 88 valence electrons. The van der Waals surface area contributed by atoms with Crippen molar-refractivity contribution in [2.24, 2.45) is 10.9 Å². The standard InChI is InChI=1S/C11H15BrN2O2/c1-2-10(11(13)14-15)16-7-8-5-3-4-6-9(8)12/h3-6,10,15H,2,7H2,1H3,(H2,13,14). The Bertz CT molecular complexity index is 369. The largest absolute Gasteiger partial charge is 0.409 e. The van der Waals surface area contributed by atoms with E-state index < -0.39 is 0 Å². The summed E-state index contributed by atoms with van der Waals surface area (Å²) in [6, 6.07) is 7.79. The highest BCUT2D eigenvalue weighted by atomic mass is 79.9. The molecule has 3 N–H and O–H groups in total. The van der Waals surface area contributed by atoms with Gasteiger partial charge in [-0.1, -0.05) is 46.2 Å². The first-order chi connectivity index (χ1) is 7.69. The Kier molecular flexibility index (Phi) is 5.28. The second-order valence-corrected chi connectivity index (χ2v) is 4.18. The lowest BCUT2D eigenvalue weighted by molar-refractivity contribution is 0.0785. The van der Waals surface area contributed by atoms with Gasteiger partial charge in [0.2, 0.25) is 0 Å². The molecule has 1 aromatic rings. The van der Waals surface area contributed by atoms with Crippen LogP contribution >= 0.6 is 15.9 Å². The van der Waals surface area contributed by atoms with Gasteiger partial charge in [-0.25, -0.2) is 0 Å². The number of ether oxygens (including phenoxy) is 1. The fraction of sp³-hybridized carbons (Fsp3) is 0.364. The van der Waals surface area contributed by atoms with Crippen molar-refractivity contribution < 1.29 is 9.94 Å². The first-order valence-corrected chi connectivity index (χ1v) is 5.80. The van der Waals surface area contributed by atoms with Crippen LogP contribution in [0.5, 0.6) is 0 Å². The number of nitrogens with zero attached hydrogens (tertiary/aromatic N) is 1. The topological polar surface area (TPSA) is 67.8 Å². The van der Waals surface area contributed by atoms with Gasteiger partial charge in [0.25, 0.3) is 0 Å². The molecule has 0 saturated carbocycles. The van der Waals surface area contributed by atoms with Crippen LogP contribution in [0.25, 0.3) is 0 Å². The van der Waals surface area contributed by atoms with Gasteiger partial charge in [-0.3, -0.25) is 0 Å². The van der Waals surface area contributed by atoms with Gasteiger partial charge in [-0.05, 0) is 18.1 Å². The third-order valence-corrected chi connectivity index (χ3v) is 2.99. The molecule has 5 heteroatoms. The third kappa shape index (κ3) is 3.50. The van der Waals surface area contributed by atoms with Crippen molar-refractivity contribution in [1.29, 1.82) is 0 Å². The molecule has 1 aromatic carbocycles. The molecule has 0 amide bonds. The highest BCUT2D eigenvalue weighted by Crippen LogP contribution is 2.17.